The highest BCUT2D eigenvalue weighted by atomic mass is 16.1. The van der Waals surface area contributed by atoms with E-state index in [1.54, 1.807) is 0 Å². The van der Waals surface area contributed by atoms with Crippen LogP contribution in [0.1, 0.15) is 11.4 Å². The Morgan fingerprint density at radius 3 is 2.96 bits per heavy atom. The fourth-order valence-corrected chi connectivity index (χ4v) is 3.00. The van der Waals surface area contributed by atoms with E-state index in [0.29, 0.717) is 6.42 Å². The Bertz CT molecular complexity index is 1060. The first-order valence-electron chi connectivity index (χ1n) is 7.89. The second kappa shape index (κ2) is 5.53. The molecule has 5 nitrogen and oxygen atoms in total. The van der Waals surface area contributed by atoms with Crippen molar-refractivity contribution in [2.75, 3.05) is 5.32 Å². The summed E-state index contributed by atoms with van der Waals surface area (Å²) in [5.74, 6) is 0.921. The van der Waals surface area contributed by atoms with Crippen LogP contribution in [0.15, 0.2) is 48.7 Å². The van der Waals surface area contributed by atoms with Crippen LogP contribution < -0.4 is 5.32 Å². The van der Waals surface area contributed by atoms with Crippen molar-refractivity contribution in [2.24, 2.45) is 7.05 Å². The van der Waals surface area contributed by atoms with E-state index in [1.807, 2.05) is 67.2 Å². The summed E-state index contributed by atoms with van der Waals surface area (Å²) in [7, 11) is 1.99. The topological polar surface area (TPSA) is 62.7 Å². The maximum Gasteiger partial charge on any atom is 0.228 e. The summed E-state index contributed by atoms with van der Waals surface area (Å²) < 4.78 is 2.03. The first-order chi connectivity index (χ1) is 11.6. The predicted molar refractivity (Wildman–Crippen MR) is 96.1 cm³/mol. The second-order valence-electron chi connectivity index (χ2n) is 6.05. The van der Waals surface area contributed by atoms with Gasteiger partial charge in [-0.15, -0.1) is 0 Å². The van der Waals surface area contributed by atoms with Crippen LogP contribution >= 0.6 is 0 Å². The van der Waals surface area contributed by atoms with E-state index in [9.17, 15) is 4.79 Å². The number of carbonyl (C=O) groups is 1. The van der Waals surface area contributed by atoms with Gasteiger partial charge in [0.1, 0.15) is 5.82 Å². The minimum Gasteiger partial charge on any atom is -0.361 e. The van der Waals surface area contributed by atoms with Crippen LogP contribution in [-0.4, -0.2) is 20.4 Å². The van der Waals surface area contributed by atoms with Crippen LogP contribution in [0.2, 0.25) is 0 Å². The second-order valence-corrected chi connectivity index (χ2v) is 6.05. The van der Waals surface area contributed by atoms with Crippen LogP contribution in [0.25, 0.3) is 21.9 Å². The normalized spacial score (nSPS) is 11.2. The van der Waals surface area contributed by atoms with Crippen LogP contribution in [0.3, 0.4) is 0 Å². The third-order valence-electron chi connectivity index (χ3n) is 4.37. The Kier molecular flexibility index (Phi) is 3.34. The van der Waals surface area contributed by atoms with Gasteiger partial charge in [-0.05, 0) is 54.3 Å². The van der Waals surface area contributed by atoms with Gasteiger partial charge in [-0.2, -0.15) is 0 Å². The van der Waals surface area contributed by atoms with Gasteiger partial charge < -0.3 is 14.9 Å². The lowest BCUT2D eigenvalue weighted by atomic mass is 10.1. The van der Waals surface area contributed by atoms with Gasteiger partial charge in [0, 0.05) is 24.4 Å². The van der Waals surface area contributed by atoms with Crippen LogP contribution in [-0.2, 0) is 18.3 Å². The Labute approximate surface area is 139 Å². The highest BCUT2D eigenvalue weighted by Gasteiger charge is 2.08. The van der Waals surface area contributed by atoms with E-state index in [1.165, 1.54) is 0 Å². The number of aromatic amines is 1. The molecule has 0 aliphatic carbocycles. The van der Waals surface area contributed by atoms with Gasteiger partial charge >= 0.3 is 0 Å². The lowest BCUT2D eigenvalue weighted by molar-refractivity contribution is -0.115. The van der Waals surface area contributed by atoms with Crippen molar-refractivity contribution in [1.82, 2.24) is 14.5 Å². The molecular weight excluding hydrogens is 300 g/mol. The van der Waals surface area contributed by atoms with Crippen molar-refractivity contribution in [1.29, 1.82) is 0 Å². The Balaban J connectivity index is 1.52. The monoisotopic (exact) mass is 318 g/mol. The zero-order chi connectivity index (χ0) is 16.7. The van der Waals surface area contributed by atoms with Gasteiger partial charge in [0.25, 0.3) is 0 Å². The highest BCUT2D eigenvalue weighted by Crippen LogP contribution is 2.20. The van der Waals surface area contributed by atoms with E-state index in [-0.39, 0.29) is 5.91 Å². The molecule has 120 valence electrons. The molecule has 4 aromatic rings. The molecule has 0 bridgehead atoms. The van der Waals surface area contributed by atoms with Gasteiger partial charge in [-0.25, -0.2) is 4.98 Å². The van der Waals surface area contributed by atoms with Gasteiger partial charge in [0.2, 0.25) is 5.91 Å². The number of H-pyrrole nitrogens is 1. The molecular formula is C19H18N4O. The molecule has 0 fully saturated rings. The fraction of sp³-hybridized carbons (Fsp3) is 0.158. The fourth-order valence-electron chi connectivity index (χ4n) is 3.00. The van der Waals surface area contributed by atoms with Crippen LogP contribution in [0, 0.1) is 6.92 Å². The molecule has 0 unspecified atom stereocenters. The minimum absolute atomic E-state index is 0.0307. The molecule has 0 saturated carbocycles. The number of aryl methyl sites for hydroxylation is 2. The summed E-state index contributed by atoms with van der Waals surface area (Å²) in [6.45, 7) is 1.97. The standard InChI is InChI=1S/C19H18N4O/c1-12-21-17-11-15(4-6-18(17)23(12)2)22-19(24)10-13-3-5-16-14(9-13)7-8-20-16/h3-9,11,20H,10H2,1-2H3,(H,22,24). The molecule has 2 aromatic heterocycles. The van der Waals surface area contributed by atoms with Crippen LogP contribution in [0.5, 0.6) is 0 Å². The smallest absolute Gasteiger partial charge is 0.228 e. The molecule has 0 radical (unpaired) electrons. The minimum atomic E-state index is -0.0307. The number of nitrogens with one attached hydrogen (secondary N) is 2. The Hall–Kier alpha value is -3.08. The number of carbonyl (C=O) groups excluding carboxylic acids is 1. The molecule has 0 aliphatic rings. The largest absolute Gasteiger partial charge is 0.361 e. The van der Waals surface area contributed by atoms with Crippen LogP contribution in [0.4, 0.5) is 5.69 Å². The number of benzene rings is 2. The SMILES string of the molecule is Cc1nc2cc(NC(=O)Cc3ccc4[nH]ccc4c3)ccc2n1C. The lowest BCUT2D eigenvalue weighted by Gasteiger charge is -2.06. The summed E-state index contributed by atoms with van der Waals surface area (Å²) in [4.78, 5) is 20.0. The zero-order valence-electron chi connectivity index (χ0n) is 13.6. The molecule has 1 amide bonds. The molecule has 0 atom stereocenters. The zero-order valence-corrected chi connectivity index (χ0v) is 13.6. The highest BCUT2D eigenvalue weighted by molar-refractivity contribution is 5.95. The summed E-state index contributed by atoms with van der Waals surface area (Å²) in [6.07, 6.45) is 2.25. The third-order valence-corrected chi connectivity index (χ3v) is 4.37. The number of fused-ring (bicyclic) bond motifs is 2. The summed E-state index contributed by atoms with van der Waals surface area (Å²) >= 11 is 0. The number of imidazole rings is 1. The summed E-state index contributed by atoms with van der Waals surface area (Å²) in [6, 6.07) is 13.8. The Morgan fingerprint density at radius 2 is 2.08 bits per heavy atom. The summed E-state index contributed by atoms with van der Waals surface area (Å²) in [5.41, 5.74) is 4.79. The maximum absolute atomic E-state index is 12.3. The van der Waals surface area contributed by atoms with Gasteiger partial charge in [-0.1, -0.05) is 6.07 Å². The molecule has 24 heavy (non-hydrogen) atoms. The van der Waals surface area contributed by atoms with E-state index < -0.39 is 0 Å². The van der Waals surface area contributed by atoms with Gasteiger partial charge in [-0.3, -0.25) is 4.79 Å². The number of hydrogen-bond donors (Lipinski definition) is 2. The first kappa shape index (κ1) is 14.5. The average molecular weight is 318 g/mol. The maximum atomic E-state index is 12.3. The van der Waals surface area contributed by atoms with E-state index in [4.69, 9.17) is 0 Å². The molecule has 4 rings (SSSR count). The number of hydrogen-bond acceptors (Lipinski definition) is 2. The quantitative estimate of drug-likeness (QED) is 0.607. The van der Waals surface area contributed by atoms with Crippen molar-refractivity contribution in [3.63, 3.8) is 0 Å². The molecule has 2 N–H and O–H groups in total. The lowest BCUT2D eigenvalue weighted by Crippen LogP contribution is -2.14. The third kappa shape index (κ3) is 2.54. The van der Waals surface area contributed by atoms with Gasteiger partial charge in [0.15, 0.2) is 0 Å². The van der Waals surface area contributed by atoms with Crippen molar-refractivity contribution < 1.29 is 4.79 Å². The van der Waals surface area contributed by atoms with E-state index in [2.05, 4.69) is 15.3 Å². The molecule has 0 saturated heterocycles. The predicted octanol–water partition coefficient (Wildman–Crippen LogP) is 3.54. The number of aromatic nitrogens is 3. The van der Waals surface area contributed by atoms with Gasteiger partial charge in [0.05, 0.1) is 17.5 Å². The molecule has 2 aromatic carbocycles. The Morgan fingerprint density at radius 1 is 1.21 bits per heavy atom. The molecule has 2 heterocycles. The molecule has 0 spiro atoms. The first-order valence-corrected chi connectivity index (χ1v) is 7.89. The number of anilines is 1. The molecule has 0 aliphatic heterocycles. The van der Waals surface area contributed by atoms with Crippen molar-refractivity contribution in [3.05, 3.63) is 60.0 Å². The number of nitrogens with zero attached hydrogens (tertiary/aromatic N) is 2. The summed E-state index contributed by atoms with van der Waals surface area (Å²) in [5, 5.41) is 4.07. The average Bonchev–Trinajstić information content (AvgIpc) is 3.12. The van der Waals surface area contributed by atoms with E-state index >= 15 is 0 Å². The van der Waals surface area contributed by atoms with Crippen molar-refractivity contribution >= 4 is 33.5 Å². The molecule has 5 heteroatoms. The van der Waals surface area contributed by atoms with E-state index in [0.717, 1.165) is 39.0 Å². The van der Waals surface area contributed by atoms with Crippen molar-refractivity contribution in [3.8, 4) is 0 Å². The van der Waals surface area contributed by atoms with Crippen molar-refractivity contribution in [2.45, 2.75) is 13.3 Å². The number of rotatable bonds is 3. The number of amides is 1.